The van der Waals surface area contributed by atoms with Crippen molar-refractivity contribution in [3.05, 3.63) is 82.1 Å². The maximum Gasteiger partial charge on any atom is 0.267 e. The van der Waals surface area contributed by atoms with Crippen LogP contribution < -0.4 is 10.6 Å². The Morgan fingerprint density at radius 2 is 1.88 bits per heavy atom. The average molecular weight is 479 g/mol. The van der Waals surface area contributed by atoms with Gasteiger partial charge in [0.2, 0.25) is 0 Å². The Bertz CT molecular complexity index is 1210. The smallest absolute Gasteiger partial charge is 0.267 e. The highest BCUT2D eigenvalue weighted by atomic mass is 35.5. The highest BCUT2D eigenvalue weighted by Crippen LogP contribution is 2.23. The van der Waals surface area contributed by atoms with Crippen molar-refractivity contribution in [1.29, 1.82) is 0 Å². The highest BCUT2D eigenvalue weighted by molar-refractivity contribution is 6.31. The molecule has 0 atom stereocenters. The third-order valence-corrected chi connectivity index (χ3v) is 5.90. The summed E-state index contributed by atoms with van der Waals surface area (Å²) in [6.07, 6.45) is 1.57. The Hall–Kier alpha value is -3.26. The quantitative estimate of drug-likeness (QED) is 0.401. The lowest BCUT2D eigenvalue weighted by Crippen LogP contribution is -2.42. The molecule has 1 aliphatic heterocycles. The molecule has 2 heterocycles. The molecular formula is C26H27ClN4O3. The summed E-state index contributed by atoms with van der Waals surface area (Å²) in [5.41, 5.74) is 2.95. The molecule has 8 heteroatoms. The Morgan fingerprint density at radius 3 is 2.65 bits per heavy atom. The molecule has 4 rings (SSSR count). The number of nitrogens with one attached hydrogen (secondary N) is 2. The van der Waals surface area contributed by atoms with Gasteiger partial charge in [0.05, 0.1) is 18.7 Å². The summed E-state index contributed by atoms with van der Waals surface area (Å²) < 4.78 is 5.36. The zero-order valence-electron chi connectivity index (χ0n) is 19.0. The van der Waals surface area contributed by atoms with Gasteiger partial charge in [-0.05, 0) is 42.8 Å². The Balaban J connectivity index is 1.57. The molecule has 3 aromatic rings. The Labute approximate surface area is 203 Å². The van der Waals surface area contributed by atoms with Crippen molar-refractivity contribution >= 4 is 40.4 Å². The fourth-order valence-electron chi connectivity index (χ4n) is 3.72. The van der Waals surface area contributed by atoms with Crippen LogP contribution in [0.1, 0.15) is 21.5 Å². The van der Waals surface area contributed by atoms with Crippen molar-refractivity contribution in [3.8, 4) is 0 Å². The van der Waals surface area contributed by atoms with Crippen LogP contribution in [0.15, 0.2) is 60.3 Å². The second kappa shape index (κ2) is 11.2. The lowest BCUT2D eigenvalue weighted by atomic mass is 10.1. The largest absolute Gasteiger partial charge is 0.379 e. The second-order valence-corrected chi connectivity index (χ2v) is 8.51. The number of carbonyl (C=O) groups excluding carboxylic acids is 2. The lowest BCUT2D eigenvalue weighted by molar-refractivity contribution is -0.117. The lowest BCUT2D eigenvalue weighted by Gasteiger charge is -2.26. The van der Waals surface area contributed by atoms with Gasteiger partial charge in [0.15, 0.2) is 0 Å². The number of hydrogen-bond acceptors (Lipinski definition) is 5. The van der Waals surface area contributed by atoms with E-state index in [1.165, 1.54) is 0 Å². The number of aromatic nitrogens is 1. The highest BCUT2D eigenvalue weighted by Gasteiger charge is 2.17. The fraction of sp³-hybridized carbons (Fsp3) is 0.269. The monoisotopic (exact) mass is 478 g/mol. The van der Waals surface area contributed by atoms with Crippen LogP contribution in [0.5, 0.6) is 0 Å². The molecule has 0 unspecified atom stereocenters. The molecule has 0 bridgehead atoms. The van der Waals surface area contributed by atoms with E-state index >= 15 is 0 Å². The van der Waals surface area contributed by atoms with Crippen LogP contribution in [-0.4, -0.2) is 61.1 Å². The SMILES string of the molecule is Cc1ccc2cc(C=C(NC(=O)c3ccccc3)C(=O)NCCN3CCOCC3)c(Cl)nc2c1. The molecule has 1 fully saturated rings. The summed E-state index contributed by atoms with van der Waals surface area (Å²) >= 11 is 6.45. The van der Waals surface area contributed by atoms with Crippen LogP contribution in [-0.2, 0) is 9.53 Å². The van der Waals surface area contributed by atoms with Crippen LogP contribution in [0.25, 0.3) is 17.0 Å². The van der Waals surface area contributed by atoms with Crippen LogP contribution >= 0.6 is 11.6 Å². The summed E-state index contributed by atoms with van der Waals surface area (Å²) in [5.74, 6) is -0.770. The summed E-state index contributed by atoms with van der Waals surface area (Å²) in [4.78, 5) is 32.6. The van der Waals surface area contributed by atoms with E-state index in [1.54, 1.807) is 30.3 Å². The normalized spacial score (nSPS) is 14.7. The number of halogens is 1. The van der Waals surface area contributed by atoms with E-state index in [-0.39, 0.29) is 16.8 Å². The third-order valence-electron chi connectivity index (χ3n) is 5.60. The molecule has 0 radical (unpaired) electrons. The first-order chi connectivity index (χ1) is 16.5. The van der Waals surface area contributed by atoms with Gasteiger partial charge in [-0.3, -0.25) is 14.5 Å². The fourth-order valence-corrected chi connectivity index (χ4v) is 3.92. The number of aryl methyl sites for hydroxylation is 1. The van der Waals surface area contributed by atoms with Gasteiger partial charge in [0, 0.05) is 42.7 Å². The number of ether oxygens (including phenoxy) is 1. The molecule has 1 saturated heterocycles. The first kappa shape index (κ1) is 23.9. The van der Waals surface area contributed by atoms with Crippen LogP contribution in [0, 0.1) is 6.92 Å². The molecule has 7 nitrogen and oxygen atoms in total. The molecule has 2 amide bonds. The molecule has 1 aromatic heterocycles. The zero-order chi connectivity index (χ0) is 23.9. The van der Waals surface area contributed by atoms with E-state index in [9.17, 15) is 9.59 Å². The molecule has 0 saturated carbocycles. The molecule has 34 heavy (non-hydrogen) atoms. The van der Waals surface area contributed by atoms with Gasteiger partial charge < -0.3 is 15.4 Å². The summed E-state index contributed by atoms with van der Waals surface area (Å²) in [5, 5.41) is 6.79. The van der Waals surface area contributed by atoms with Crippen molar-refractivity contribution in [2.45, 2.75) is 6.92 Å². The van der Waals surface area contributed by atoms with E-state index in [1.807, 2.05) is 37.3 Å². The number of amides is 2. The van der Waals surface area contributed by atoms with Crippen molar-refractivity contribution < 1.29 is 14.3 Å². The summed E-state index contributed by atoms with van der Waals surface area (Å²) in [7, 11) is 0. The maximum absolute atomic E-state index is 13.1. The van der Waals surface area contributed by atoms with Crippen molar-refractivity contribution in [1.82, 2.24) is 20.5 Å². The molecule has 0 spiro atoms. The van der Waals surface area contributed by atoms with E-state index < -0.39 is 5.91 Å². The molecule has 2 aromatic carbocycles. The Kier molecular flexibility index (Phi) is 7.90. The molecule has 0 aliphatic carbocycles. The van der Waals surface area contributed by atoms with Crippen molar-refractivity contribution in [2.75, 3.05) is 39.4 Å². The maximum atomic E-state index is 13.1. The van der Waals surface area contributed by atoms with Gasteiger partial charge in [-0.25, -0.2) is 4.98 Å². The number of hydrogen-bond donors (Lipinski definition) is 2. The van der Waals surface area contributed by atoms with Gasteiger partial charge >= 0.3 is 0 Å². The number of nitrogens with zero attached hydrogens (tertiary/aromatic N) is 2. The van der Waals surface area contributed by atoms with E-state index in [4.69, 9.17) is 16.3 Å². The second-order valence-electron chi connectivity index (χ2n) is 8.15. The predicted octanol–water partition coefficient (Wildman–Crippen LogP) is 3.42. The number of benzene rings is 2. The van der Waals surface area contributed by atoms with Gasteiger partial charge in [0.25, 0.3) is 11.8 Å². The minimum Gasteiger partial charge on any atom is -0.379 e. The predicted molar refractivity (Wildman–Crippen MR) is 134 cm³/mol. The van der Waals surface area contributed by atoms with Gasteiger partial charge in [-0.1, -0.05) is 41.9 Å². The molecule has 176 valence electrons. The topological polar surface area (TPSA) is 83.6 Å². The molecular weight excluding hydrogens is 452 g/mol. The van der Waals surface area contributed by atoms with Gasteiger partial charge in [-0.15, -0.1) is 0 Å². The van der Waals surface area contributed by atoms with Gasteiger partial charge in [0.1, 0.15) is 10.9 Å². The standard InChI is InChI=1S/C26H27ClN4O3/c1-18-7-8-20-16-21(24(27)29-22(20)15-18)17-23(30-25(32)19-5-3-2-4-6-19)26(33)28-9-10-31-11-13-34-14-12-31/h2-8,15-17H,9-14H2,1H3,(H,28,33)(H,30,32). The molecule has 1 aliphatic rings. The minimum atomic E-state index is -0.391. The summed E-state index contributed by atoms with van der Waals surface area (Å²) in [6, 6.07) is 16.5. The molecule has 2 N–H and O–H groups in total. The Morgan fingerprint density at radius 1 is 1.12 bits per heavy atom. The summed E-state index contributed by atoms with van der Waals surface area (Å²) in [6.45, 7) is 6.19. The van der Waals surface area contributed by atoms with Gasteiger partial charge in [-0.2, -0.15) is 0 Å². The number of fused-ring (bicyclic) bond motifs is 1. The van der Waals surface area contributed by atoms with Crippen LogP contribution in [0.3, 0.4) is 0 Å². The minimum absolute atomic E-state index is 0.103. The average Bonchev–Trinajstić information content (AvgIpc) is 2.85. The number of rotatable bonds is 7. The zero-order valence-corrected chi connectivity index (χ0v) is 19.8. The van der Waals surface area contributed by atoms with Crippen LogP contribution in [0.2, 0.25) is 5.15 Å². The van der Waals surface area contributed by atoms with E-state index in [2.05, 4.69) is 20.5 Å². The van der Waals surface area contributed by atoms with Crippen molar-refractivity contribution in [3.63, 3.8) is 0 Å². The number of morpholine rings is 1. The number of pyridine rings is 1. The first-order valence-corrected chi connectivity index (χ1v) is 11.6. The number of carbonyl (C=O) groups is 2. The van der Waals surface area contributed by atoms with Crippen molar-refractivity contribution in [2.24, 2.45) is 0 Å². The third kappa shape index (κ3) is 6.20. The first-order valence-electron chi connectivity index (χ1n) is 11.2. The van der Waals surface area contributed by atoms with E-state index in [0.29, 0.717) is 37.4 Å². The van der Waals surface area contributed by atoms with Crippen LogP contribution in [0.4, 0.5) is 0 Å². The van der Waals surface area contributed by atoms with E-state index in [0.717, 1.165) is 29.6 Å².